The average molecular weight is 302 g/mol. The Bertz CT molecular complexity index is 664. The summed E-state index contributed by atoms with van der Waals surface area (Å²) in [5, 5.41) is 0. The standard InChI is InChI=1S/C15H9BrFN/c16-14-12-4-2-1-3-5-13(12)18-15(14)10-6-8-11(17)9-7-10/h1-9H. The lowest BCUT2D eigenvalue weighted by atomic mass is 10.1. The lowest BCUT2D eigenvalue weighted by molar-refractivity contribution is 0.628. The molecule has 1 aromatic rings. The third-order valence-electron chi connectivity index (χ3n) is 2.81. The summed E-state index contributed by atoms with van der Waals surface area (Å²) in [5.41, 5.74) is 3.73. The van der Waals surface area contributed by atoms with Crippen molar-refractivity contribution < 1.29 is 4.39 Å². The molecule has 0 atom stereocenters. The summed E-state index contributed by atoms with van der Waals surface area (Å²) < 4.78 is 13.9. The molecule has 0 bridgehead atoms. The van der Waals surface area contributed by atoms with E-state index in [-0.39, 0.29) is 5.82 Å². The fourth-order valence-electron chi connectivity index (χ4n) is 1.92. The van der Waals surface area contributed by atoms with E-state index in [1.54, 1.807) is 12.1 Å². The van der Waals surface area contributed by atoms with Crippen molar-refractivity contribution in [1.29, 1.82) is 0 Å². The van der Waals surface area contributed by atoms with Gasteiger partial charge >= 0.3 is 0 Å². The summed E-state index contributed by atoms with van der Waals surface area (Å²) in [5.74, 6) is -0.239. The molecule has 0 fully saturated rings. The van der Waals surface area contributed by atoms with E-state index >= 15 is 0 Å². The van der Waals surface area contributed by atoms with Crippen LogP contribution in [0.5, 0.6) is 0 Å². The van der Waals surface area contributed by atoms with Crippen LogP contribution >= 0.6 is 15.9 Å². The number of hydrogen-bond donors (Lipinski definition) is 0. The van der Waals surface area contributed by atoms with Gasteiger partial charge in [-0.2, -0.15) is 0 Å². The van der Waals surface area contributed by atoms with E-state index in [1.807, 2.05) is 30.3 Å². The van der Waals surface area contributed by atoms with Gasteiger partial charge in [0.05, 0.1) is 15.9 Å². The van der Waals surface area contributed by atoms with Gasteiger partial charge in [-0.15, -0.1) is 0 Å². The molecule has 0 radical (unpaired) electrons. The first-order valence-corrected chi connectivity index (χ1v) is 6.35. The second-order valence-electron chi connectivity index (χ2n) is 3.99. The number of aromatic nitrogens is 1. The van der Waals surface area contributed by atoms with E-state index in [9.17, 15) is 4.39 Å². The van der Waals surface area contributed by atoms with Crippen molar-refractivity contribution in [3.63, 3.8) is 0 Å². The Morgan fingerprint density at radius 2 is 1.61 bits per heavy atom. The van der Waals surface area contributed by atoms with Crippen LogP contribution in [0.3, 0.4) is 0 Å². The molecule has 1 aliphatic heterocycles. The molecule has 1 heterocycles. The second kappa shape index (κ2) is 4.50. The van der Waals surface area contributed by atoms with Gasteiger partial charge in [-0.05, 0) is 46.3 Å². The van der Waals surface area contributed by atoms with Crippen molar-refractivity contribution in [3.05, 3.63) is 64.9 Å². The first-order chi connectivity index (χ1) is 8.75. The number of hydrogen-bond acceptors (Lipinski definition) is 1. The minimum absolute atomic E-state index is 0.239. The molecule has 0 N–H and O–H groups in total. The first-order valence-electron chi connectivity index (χ1n) is 5.56. The summed E-state index contributed by atoms with van der Waals surface area (Å²) in [6.07, 6.45) is 0. The average Bonchev–Trinajstić information content (AvgIpc) is 2.57. The molecule has 3 rings (SSSR count). The molecule has 1 aliphatic carbocycles. The number of halogens is 2. The zero-order chi connectivity index (χ0) is 12.5. The van der Waals surface area contributed by atoms with Crippen molar-refractivity contribution in [2.45, 2.75) is 0 Å². The van der Waals surface area contributed by atoms with Gasteiger partial charge in [0, 0.05) is 11.1 Å². The van der Waals surface area contributed by atoms with E-state index in [2.05, 4.69) is 20.9 Å². The molecular weight excluding hydrogens is 293 g/mol. The van der Waals surface area contributed by atoms with E-state index in [1.165, 1.54) is 12.1 Å². The zero-order valence-electron chi connectivity index (χ0n) is 9.40. The van der Waals surface area contributed by atoms with Gasteiger partial charge in [-0.1, -0.05) is 24.3 Å². The van der Waals surface area contributed by atoms with Crippen molar-refractivity contribution in [3.8, 4) is 22.5 Å². The van der Waals surface area contributed by atoms with Gasteiger partial charge in [-0.3, -0.25) is 0 Å². The van der Waals surface area contributed by atoms with Crippen molar-refractivity contribution >= 4 is 15.9 Å². The Hall–Kier alpha value is -1.74. The van der Waals surface area contributed by atoms with Crippen LogP contribution in [0.15, 0.2) is 59.1 Å². The molecular formula is C15H9BrFN. The van der Waals surface area contributed by atoms with Gasteiger partial charge in [-0.25, -0.2) is 9.37 Å². The van der Waals surface area contributed by atoms with Crippen LogP contribution in [0.2, 0.25) is 0 Å². The van der Waals surface area contributed by atoms with E-state index in [0.29, 0.717) is 0 Å². The number of nitrogens with zero attached hydrogens (tertiary/aromatic N) is 1. The molecule has 18 heavy (non-hydrogen) atoms. The topological polar surface area (TPSA) is 12.9 Å². The summed E-state index contributed by atoms with van der Waals surface area (Å²) in [7, 11) is 0. The molecule has 0 spiro atoms. The van der Waals surface area contributed by atoms with Crippen molar-refractivity contribution in [2.24, 2.45) is 0 Å². The van der Waals surface area contributed by atoms with Gasteiger partial charge in [0.1, 0.15) is 5.82 Å². The summed E-state index contributed by atoms with van der Waals surface area (Å²) in [4.78, 5) is 4.58. The Morgan fingerprint density at radius 1 is 0.889 bits per heavy atom. The number of fused-ring (bicyclic) bond motifs is 1. The van der Waals surface area contributed by atoms with Gasteiger partial charge < -0.3 is 0 Å². The predicted octanol–water partition coefficient (Wildman–Crippen LogP) is 4.76. The Kier molecular flexibility index (Phi) is 2.84. The number of benzene rings is 1. The quantitative estimate of drug-likeness (QED) is 0.632. The molecule has 0 amide bonds. The Morgan fingerprint density at radius 3 is 2.39 bits per heavy atom. The molecule has 0 aromatic heterocycles. The monoisotopic (exact) mass is 301 g/mol. The molecule has 88 valence electrons. The van der Waals surface area contributed by atoms with Crippen LogP contribution in [0.4, 0.5) is 4.39 Å². The highest BCUT2D eigenvalue weighted by Crippen LogP contribution is 2.38. The van der Waals surface area contributed by atoms with Crippen LogP contribution in [0.25, 0.3) is 22.5 Å². The molecule has 1 aromatic carbocycles. The van der Waals surface area contributed by atoms with Gasteiger partial charge in [0.25, 0.3) is 0 Å². The lowest BCUT2D eigenvalue weighted by Crippen LogP contribution is -1.79. The minimum atomic E-state index is -0.239. The van der Waals surface area contributed by atoms with Crippen LogP contribution in [-0.4, -0.2) is 4.98 Å². The maximum atomic E-state index is 12.9. The fraction of sp³-hybridized carbons (Fsp3) is 0. The zero-order valence-corrected chi connectivity index (χ0v) is 11.0. The second-order valence-corrected chi connectivity index (χ2v) is 4.78. The molecule has 0 saturated heterocycles. The maximum Gasteiger partial charge on any atom is 0.123 e. The van der Waals surface area contributed by atoms with Crippen LogP contribution in [0, 0.1) is 5.82 Å². The SMILES string of the molecule is Fc1ccc(-c2nc3cccccc-3c2Br)cc1. The fourth-order valence-corrected chi connectivity index (χ4v) is 2.57. The number of rotatable bonds is 1. The summed E-state index contributed by atoms with van der Waals surface area (Å²) in [6, 6.07) is 16.2. The molecule has 2 aliphatic rings. The molecule has 1 nitrogen and oxygen atoms in total. The van der Waals surface area contributed by atoms with Gasteiger partial charge in [0.2, 0.25) is 0 Å². The van der Waals surface area contributed by atoms with Gasteiger partial charge in [0.15, 0.2) is 0 Å². The smallest absolute Gasteiger partial charge is 0.123 e. The largest absolute Gasteiger partial charge is 0.247 e. The molecule has 0 unspecified atom stereocenters. The highest BCUT2D eigenvalue weighted by atomic mass is 79.9. The Labute approximate surface area is 113 Å². The minimum Gasteiger partial charge on any atom is -0.247 e. The Balaban J connectivity index is 2.22. The molecule has 3 heteroatoms. The van der Waals surface area contributed by atoms with Crippen molar-refractivity contribution in [1.82, 2.24) is 4.98 Å². The normalized spacial score (nSPS) is 10.8. The highest BCUT2D eigenvalue weighted by molar-refractivity contribution is 9.10. The molecule has 0 saturated carbocycles. The predicted molar refractivity (Wildman–Crippen MR) is 74.0 cm³/mol. The van der Waals surface area contributed by atoms with Crippen LogP contribution in [-0.2, 0) is 0 Å². The maximum absolute atomic E-state index is 12.9. The van der Waals surface area contributed by atoms with E-state index < -0.39 is 0 Å². The lowest BCUT2D eigenvalue weighted by Gasteiger charge is -1.97. The first kappa shape index (κ1) is 11.4. The van der Waals surface area contributed by atoms with E-state index in [0.717, 1.165) is 27.0 Å². The van der Waals surface area contributed by atoms with E-state index in [4.69, 9.17) is 0 Å². The third kappa shape index (κ3) is 1.91. The van der Waals surface area contributed by atoms with Crippen LogP contribution in [0.1, 0.15) is 0 Å². The third-order valence-corrected chi connectivity index (χ3v) is 3.61. The summed E-state index contributed by atoms with van der Waals surface area (Å²) >= 11 is 3.57. The summed E-state index contributed by atoms with van der Waals surface area (Å²) in [6.45, 7) is 0. The van der Waals surface area contributed by atoms with Crippen molar-refractivity contribution in [2.75, 3.05) is 0 Å². The van der Waals surface area contributed by atoms with Crippen LogP contribution < -0.4 is 0 Å². The highest BCUT2D eigenvalue weighted by Gasteiger charge is 2.15.